The topological polar surface area (TPSA) is 48.0 Å². The third kappa shape index (κ3) is 2.70. The quantitative estimate of drug-likeness (QED) is 0.222. The Morgan fingerprint density at radius 2 is 1.21 bits per heavy atom. The third-order valence-corrected chi connectivity index (χ3v) is 8.76. The molecule has 0 amide bonds. The van der Waals surface area contributed by atoms with Gasteiger partial charge in [-0.05, 0) is 35.7 Å². The molecule has 5 aromatic heterocycles. The summed E-state index contributed by atoms with van der Waals surface area (Å²) in [5.74, 6) is 0.669. The first-order chi connectivity index (χ1) is 20.9. The Balaban J connectivity index is 1.46. The van der Waals surface area contributed by atoms with Gasteiger partial charge in [-0.3, -0.25) is 9.55 Å². The van der Waals surface area contributed by atoms with Gasteiger partial charge < -0.3 is 4.40 Å². The monoisotopic (exact) mass is 535 g/mol. The third-order valence-electron chi connectivity index (χ3n) is 8.76. The molecular formula is C37H21N5. The van der Waals surface area contributed by atoms with E-state index in [-0.39, 0.29) is 0 Å². The minimum absolute atomic E-state index is 0.669. The zero-order valence-electron chi connectivity index (χ0n) is 22.4. The van der Waals surface area contributed by atoms with Crippen molar-refractivity contribution in [2.45, 2.75) is 0 Å². The van der Waals surface area contributed by atoms with E-state index in [9.17, 15) is 0 Å². The summed E-state index contributed by atoms with van der Waals surface area (Å²) < 4.78 is 4.65. The predicted octanol–water partition coefficient (Wildman–Crippen LogP) is 8.94. The van der Waals surface area contributed by atoms with Gasteiger partial charge in [-0.2, -0.15) is 0 Å². The highest BCUT2D eigenvalue weighted by Crippen LogP contribution is 2.44. The van der Waals surface area contributed by atoms with Gasteiger partial charge in [-0.15, -0.1) is 0 Å². The average Bonchev–Trinajstić information content (AvgIpc) is 3.53. The maximum Gasteiger partial charge on any atom is 0.235 e. The maximum absolute atomic E-state index is 5.29. The average molecular weight is 536 g/mol. The molecule has 0 unspecified atom stereocenters. The normalized spacial score (nSPS) is 12.3. The van der Waals surface area contributed by atoms with Crippen molar-refractivity contribution in [1.82, 2.24) is 23.9 Å². The Kier molecular flexibility index (Phi) is 4.12. The van der Waals surface area contributed by atoms with E-state index in [0.29, 0.717) is 5.95 Å². The molecule has 0 fully saturated rings. The van der Waals surface area contributed by atoms with Gasteiger partial charge in [0.05, 0.1) is 45.0 Å². The number of rotatable bonds is 2. The number of benzene rings is 5. The highest BCUT2D eigenvalue weighted by Gasteiger charge is 2.24. The molecule has 0 saturated carbocycles. The summed E-state index contributed by atoms with van der Waals surface area (Å²) in [5.41, 5.74) is 8.58. The highest BCUT2D eigenvalue weighted by atomic mass is 15.2. The van der Waals surface area contributed by atoms with E-state index in [1.54, 1.807) is 0 Å². The van der Waals surface area contributed by atoms with Gasteiger partial charge in [-0.1, -0.05) is 84.9 Å². The van der Waals surface area contributed by atoms with Gasteiger partial charge in [0.1, 0.15) is 0 Å². The first-order valence-corrected chi connectivity index (χ1v) is 14.1. The SMILES string of the molecule is c1ccc(-c2nc(-n3c4cccc5c6ccccc6n6c7cnccc7c7ccc3c(c54)c76)nc3ccccc23)cc1. The number of para-hydroxylation sites is 2. The number of nitrogens with zero attached hydrogens (tertiary/aromatic N) is 5. The van der Waals surface area contributed by atoms with Crippen molar-refractivity contribution in [3.05, 3.63) is 128 Å². The van der Waals surface area contributed by atoms with Gasteiger partial charge in [0.2, 0.25) is 5.95 Å². The molecular weight excluding hydrogens is 514 g/mol. The van der Waals surface area contributed by atoms with Gasteiger partial charge in [0.15, 0.2) is 0 Å². The fourth-order valence-corrected chi connectivity index (χ4v) is 7.06. The Morgan fingerprint density at radius 3 is 2.14 bits per heavy atom. The van der Waals surface area contributed by atoms with E-state index in [1.165, 1.54) is 43.4 Å². The van der Waals surface area contributed by atoms with Gasteiger partial charge in [-0.25, -0.2) is 9.97 Å². The van der Waals surface area contributed by atoms with Crippen molar-refractivity contribution < 1.29 is 0 Å². The van der Waals surface area contributed by atoms with Crippen LogP contribution in [0.2, 0.25) is 0 Å². The molecule has 0 spiro atoms. The minimum Gasteiger partial charge on any atom is -0.306 e. The lowest BCUT2D eigenvalue weighted by Crippen LogP contribution is -2.03. The molecule has 0 aliphatic rings. The van der Waals surface area contributed by atoms with Crippen molar-refractivity contribution in [1.29, 1.82) is 0 Å². The summed E-state index contributed by atoms with van der Waals surface area (Å²) in [6.45, 7) is 0. The van der Waals surface area contributed by atoms with Crippen molar-refractivity contribution in [2.24, 2.45) is 0 Å². The van der Waals surface area contributed by atoms with Gasteiger partial charge in [0.25, 0.3) is 0 Å². The van der Waals surface area contributed by atoms with E-state index in [4.69, 9.17) is 9.97 Å². The van der Waals surface area contributed by atoms with E-state index in [2.05, 4.69) is 117 Å². The predicted molar refractivity (Wildman–Crippen MR) is 172 cm³/mol. The summed E-state index contributed by atoms with van der Waals surface area (Å²) in [5, 5.41) is 8.30. The second-order valence-electron chi connectivity index (χ2n) is 10.9. The molecule has 0 saturated heterocycles. The summed E-state index contributed by atoms with van der Waals surface area (Å²) in [6.07, 6.45) is 3.87. The van der Waals surface area contributed by atoms with E-state index >= 15 is 0 Å². The minimum atomic E-state index is 0.669. The lowest BCUT2D eigenvalue weighted by atomic mass is 10.0. The largest absolute Gasteiger partial charge is 0.306 e. The lowest BCUT2D eigenvalue weighted by Gasteiger charge is -2.12. The van der Waals surface area contributed by atoms with Crippen LogP contribution < -0.4 is 0 Å². The van der Waals surface area contributed by atoms with Crippen molar-refractivity contribution in [3.8, 4) is 17.2 Å². The van der Waals surface area contributed by atoms with Crippen LogP contribution in [0.25, 0.3) is 88.0 Å². The summed E-state index contributed by atoms with van der Waals surface area (Å²) >= 11 is 0. The summed E-state index contributed by atoms with van der Waals surface area (Å²) in [6, 6.07) is 40.6. The molecule has 10 aromatic rings. The van der Waals surface area contributed by atoms with Crippen LogP contribution in [0.3, 0.4) is 0 Å². The molecule has 0 radical (unpaired) electrons. The Hall–Kier alpha value is -5.81. The van der Waals surface area contributed by atoms with Crippen LogP contribution >= 0.6 is 0 Å². The molecule has 5 heteroatoms. The Labute approximate surface area is 239 Å². The number of pyridine rings is 1. The zero-order chi connectivity index (χ0) is 27.4. The Bertz CT molecular complexity index is 2680. The van der Waals surface area contributed by atoms with Crippen LogP contribution in [0.15, 0.2) is 128 Å². The zero-order valence-corrected chi connectivity index (χ0v) is 22.4. The van der Waals surface area contributed by atoms with Crippen molar-refractivity contribution >= 4 is 70.8 Å². The first kappa shape index (κ1) is 21.9. The summed E-state index contributed by atoms with van der Waals surface area (Å²) in [4.78, 5) is 15.0. The van der Waals surface area contributed by atoms with Gasteiger partial charge in [0, 0.05) is 44.1 Å². The van der Waals surface area contributed by atoms with Crippen LogP contribution in [0.4, 0.5) is 0 Å². The summed E-state index contributed by atoms with van der Waals surface area (Å²) in [7, 11) is 0. The molecule has 0 aliphatic heterocycles. The fraction of sp³-hybridized carbons (Fsp3) is 0. The molecule has 194 valence electrons. The first-order valence-electron chi connectivity index (χ1n) is 14.1. The van der Waals surface area contributed by atoms with Crippen LogP contribution in [0.5, 0.6) is 0 Å². The van der Waals surface area contributed by atoms with Crippen molar-refractivity contribution in [3.63, 3.8) is 0 Å². The number of fused-ring (bicyclic) bond motifs is 7. The van der Waals surface area contributed by atoms with E-state index in [1.807, 2.05) is 24.5 Å². The number of aromatic nitrogens is 5. The van der Waals surface area contributed by atoms with Crippen LogP contribution in [-0.2, 0) is 0 Å². The second-order valence-corrected chi connectivity index (χ2v) is 10.9. The van der Waals surface area contributed by atoms with E-state index < -0.39 is 0 Å². The lowest BCUT2D eigenvalue weighted by molar-refractivity contribution is 1.01. The molecule has 42 heavy (non-hydrogen) atoms. The molecule has 0 N–H and O–H groups in total. The Morgan fingerprint density at radius 1 is 0.476 bits per heavy atom. The standard InChI is InChI=1S/C37H21N5/c1-2-9-22(10-3-1)35-27-12-4-6-14-28(27)39-37(40-35)42-30-16-8-13-25-23-11-5-7-15-29(23)41-32-21-38-20-19-24(32)26-17-18-31(42)34(33(25)30)36(26)41/h1-21H. The molecule has 0 bridgehead atoms. The molecule has 5 nitrogen and oxygen atoms in total. The second kappa shape index (κ2) is 7.89. The van der Waals surface area contributed by atoms with Crippen molar-refractivity contribution in [2.75, 3.05) is 0 Å². The van der Waals surface area contributed by atoms with E-state index in [0.717, 1.165) is 38.7 Å². The molecule has 5 heterocycles. The fourth-order valence-electron chi connectivity index (χ4n) is 7.06. The smallest absolute Gasteiger partial charge is 0.235 e. The highest BCUT2D eigenvalue weighted by molar-refractivity contribution is 6.33. The van der Waals surface area contributed by atoms with Crippen LogP contribution in [-0.4, -0.2) is 23.9 Å². The van der Waals surface area contributed by atoms with Gasteiger partial charge >= 0.3 is 0 Å². The molecule has 0 atom stereocenters. The molecule has 5 aromatic carbocycles. The molecule has 0 aliphatic carbocycles. The number of hydrogen-bond acceptors (Lipinski definition) is 3. The number of hydrogen-bond donors (Lipinski definition) is 0. The van der Waals surface area contributed by atoms with Crippen LogP contribution in [0.1, 0.15) is 0 Å². The molecule has 10 rings (SSSR count). The van der Waals surface area contributed by atoms with Crippen LogP contribution in [0, 0.1) is 0 Å². The maximum atomic E-state index is 5.29.